The van der Waals surface area contributed by atoms with Gasteiger partial charge in [-0.05, 0) is 36.8 Å². The Kier molecular flexibility index (Phi) is 3.20. The summed E-state index contributed by atoms with van der Waals surface area (Å²) in [5, 5.41) is 7.62. The molecule has 0 spiro atoms. The summed E-state index contributed by atoms with van der Waals surface area (Å²) in [6.45, 7) is 2.02. The van der Waals surface area contributed by atoms with Crippen LogP contribution >= 0.6 is 11.6 Å². The average Bonchev–Trinajstić information content (AvgIpc) is 2.54. The van der Waals surface area contributed by atoms with Gasteiger partial charge in [0.05, 0.1) is 11.1 Å². The highest BCUT2D eigenvalue weighted by atomic mass is 35.5. The molecule has 0 saturated carbocycles. The van der Waals surface area contributed by atoms with Gasteiger partial charge < -0.3 is 10.6 Å². The molecule has 2 heterocycles. The Morgan fingerprint density at radius 3 is 2.78 bits per heavy atom. The van der Waals surface area contributed by atoms with E-state index in [9.17, 15) is 4.79 Å². The normalized spacial score (nSPS) is 16.6. The number of hydrogen-bond donors (Lipinski definition) is 2. The van der Waals surface area contributed by atoms with Gasteiger partial charge in [-0.15, -0.1) is 0 Å². The zero-order valence-electron chi connectivity index (χ0n) is 12.4. The van der Waals surface area contributed by atoms with Gasteiger partial charge in [0.1, 0.15) is 11.3 Å². The van der Waals surface area contributed by atoms with Crippen molar-refractivity contribution >= 4 is 34.1 Å². The highest BCUT2D eigenvalue weighted by Gasteiger charge is 2.26. The predicted molar refractivity (Wildman–Crippen MR) is 91.8 cm³/mol. The Bertz CT molecular complexity index is 939. The fraction of sp³-hybridized carbons (Fsp3) is 0.111. The van der Waals surface area contributed by atoms with Crippen molar-refractivity contribution in [3.05, 3.63) is 70.4 Å². The van der Waals surface area contributed by atoms with Crippen molar-refractivity contribution in [2.45, 2.75) is 13.1 Å². The maximum absolute atomic E-state index is 12.3. The number of para-hydroxylation sites is 1. The van der Waals surface area contributed by atoms with E-state index < -0.39 is 6.17 Å². The Labute approximate surface area is 138 Å². The molecule has 114 valence electrons. The average molecular weight is 324 g/mol. The number of hydrogen-bond acceptors (Lipinski definition) is 3. The highest BCUT2D eigenvalue weighted by molar-refractivity contribution is 6.30. The summed E-state index contributed by atoms with van der Waals surface area (Å²) in [6.07, 6.45) is -0.400. The summed E-state index contributed by atoms with van der Waals surface area (Å²) in [4.78, 5) is 16.7. The minimum Gasteiger partial charge on any atom is -0.361 e. The number of benzene rings is 2. The second-order valence-corrected chi connectivity index (χ2v) is 6.02. The van der Waals surface area contributed by atoms with E-state index in [1.54, 1.807) is 6.07 Å². The zero-order valence-corrected chi connectivity index (χ0v) is 13.2. The van der Waals surface area contributed by atoms with E-state index in [0.717, 1.165) is 27.7 Å². The number of aromatic nitrogens is 1. The topological polar surface area (TPSA) is 54.0 Å². The molecule has 3 aromatic rings. The van der Waals surface area contributed by atoms with Crippen LogP contribution in [0, 0.1) is 6.92 Å². The van der Waals surface area contributed by atoms with E-state index >= 15 is 0 Å². The van der Waals surface area contributed by atoms with Gasteiger partial charge in [-0.3, -0.25) is 4.79 Å². The van der Waals surface area contributed by atoms with Crippen molar-refractivity contribution in [3.8, 4) is 0 Å². The van der Waals surface area contributed by atoms with Gasteiger partial charge in [0.15, 0.2) is 0 Å². The second-order valence-electron chi connectivity index (χ2n) is 5.66. The first-order chi connectivity index (χ1) is 11.1. The number of carbonyl (C=O) groups excluding carboxylic acids is 1. The molecule has 0 unspecified atom stereocenters. The fourth-order valence-electron chi connectivity index (χ4n) is 2.84. The Morgan fingerprint density at radius 1 is 1.09 bits per heavy atom. The lowest BCUT2D eigenvalue weighted by Crippen LogP contribution is -2.38. The van der Waals surface area contributed by atoms with Gasteiger partial charge >= 0.3 is 0 Å². The van der Waals surface area contributed by atoms with Gasteiger partial charge in [0, 0.05) is 16.6 Å². The summed E-state index contributed by atoms with van der Waals surface area (Å²) < 4.78 is 0. The van der Waals surface area contributed by atoms with Crippen LogP contribution < -0.4 is 10.6 Å². The molecule has 2 N–H and O–H groups in total. The summed E-state index contributed by atoms with van der Waals surface area (Å²) in [5.74, 6) is -0.121. The number of carbonyl (C=O) groups is 1. The molecule has 1 atom stereocenters. The molecule has 23 heavy (non-hydrogen) atoms. The molecule has 0 saturated heterocycles. The molecule has 1 amide bonds. The van der Waals surface area contributed by atoms with E-state index in [1.165, 1.54) is 0 Å². The van der Waals surface area contributed by atoms with Crippen molar-refractivity contribution in [2.24, 2.45) is 0 Å². The van der Waals surface area contributed by atoms with Crippen molar-refractivity contribution in [1.82, 2.24) is 10.3 Å². The van der Waals surface area contributed by atoms with E-state index in [1.807, 2.05) is 49.4 Å². The summed E-state index contributed by atoms with van der Waals surface area (Å²) in [6, 6.07) is 15.4. The van der Waals surface area contributed by atoms with Crippen molar-refractivity contribution in [3.63, 3.8) is 0 Å². The number of aryl methyl sites for hydroxylation is 1. The largest absolute Gasteiger partial charge is 0.361 e. The first kappa shape index (κ1) is 14.0. The minimum atomic E-state index is -0.400. The monoisotopic (exact) mass is 323 g/mol. The van der Waals surface area contributed by atoms with E-state index in [4.69, 9.17) is 11.6 Å². The molecule has 2 aromatic carbocycles. The third-order valence-corrected chi connectivity index (χ3v) is 4.31. The number of halogens is 1. The Morgan fingerprint density at radius 2 is 1.91 bits per heavy atom. The maximum atomic E-state index is 12.3. The van der Waals surface area contributed by atoms with Gasteiger partial charge in [0.2, 0.25) is 0 Å². The minimum absolute atomic E-state index is 0.121. The number of pyridine rings is 1. The molecule has 1 aliphatic heterocycles. The van der Waals surface area contributed by atoms with Crippen LogP contribution in [0.2, 0.25) is 5.15 Å². The Hall–Kier alpha value is -2.59. The second kappa shape index (κ2) is 5.25. The predicted octanol–water partition coefficient (Wildman–Crippen LogP) is 4.05. The maximum Gasteiger partial charge on any atom is 0.255 e. The van der Waals surface area contributed by atoms with Crippen molar-refractivity contribution < 1.29 is 4.79 Å². The van der Waals surface area contributed by atoms with E-state index in [2.05, 4.69) is 15.6 Å². The lowest BCUT2D eigenvalue weighted by atomic mass is 10.0. The van der Waals surface area contributed by atoms with Crippen molar-refractivity contribution in [1.29, 1.82) is 0 Å². The van der Waals surface area contributed by atoms with Gasteiger partial charge in [-0.2, -0.15) is 0 Å². The third kappa shape index (κ3) is 2.41. The molecule has 4 nitrogen and oxygen atoms in total. The first-order valence-corrected chi connectivity index (χ1v) is 7.73. The molecule has 1 aromatic heterocycles. The van der Waals surface area contributed by atoms with Crippen LogP contribution in [0.4, 0.5) is 5.69 Å². The van der Waals surface area contributed by atoms with E-state index in [0.29, 0.717) is 10.7 Å². The number of nitrogens with zero attached hydrogens (tertiary/aromatic N) is 1. The van der Waals surface area contributed by atoms with Gasteiger partial charge in [-0.1, -0.05) is 35.9 Å². The van der Waals surface area contributed by atoms with Crippen molar-refractivity contribution in [2.75, 3.05) is 5.32 Å². The standard InChI is InChI=1S/C18H14ClN3O/c1-10-6-7-11-9-13(16(19)20-15(11)8-10)17-21-14-5-3-2-4-12(14)18(23)22-17/h2-9,17,21H,1H3,(H,22,23)/t17-/m1/s1. The SMILES string of the molecule is Cc1ccc2cc([C@H]3NC(=O)c4ccccc4N3)c(Cl)nc2c1. The molecule has 4 rings (SSSR count). The fourth-order valence-corrected chi connectivity index (χ4v) is 3.09. The lowest BCUT2D eigenvalue weighted by Gasteiger charge is -2.28. The first-order valence-electron chi connectivity index (χ1n) is 7.35. The number of anilines is 1. The van der Waals surface area contributed by atoms with Crippen LogP contribution in [0.15, 0.2) is 48.5 Å². The molecular formula is C18H14ClN3O. The van der Waals surface area contributed by atoms with Gasteiger partial charge in [-0.25, -0.2) is 4.98 Å². The molecule has 0 bridgehead atoms. The quantitative estimate of drug-likeness (QED) is 0.664. The van der Waals surface area contributed by atoms with Gasteiger partial charge in [0.25, 0.3) is 5.91 Å². The van der Waals surface area contributed by atoms with Crippen LogP contribution in [0.1, 0.15) is 27.7 Å². The molecule has 0 aliphatic carbocycles. The highest BCUT2D eigenvalue weighted by Crippen LogP contribution is 2.31. The molecule has 5 heteroatoms. The van der Waals surface area contributed by atoms with Crippen LogP contribution in [0.5, 0.6) is 0 Å². The molecular weight excluding hydrogens is 310 g/mol. The third-order valence-electron chi connectivity index (χ3n) is 4.01. The number of amides is 1. The number of fused-ring (bicyclic) bond motifs is 2. The Balaban J connectivity index is 1.79. The summed E-state index contributed by atoms with van der Waals surface area (Å²) >= 11 is 6.36. The van der Waals surface area contributed by atoms with E-state index in [-0.39, 0.29) is 5.91 Å². The number of nitrogens with one attached hydrogen (secondary N) is 2. The zero-order chi connectivity index (χ0) is 16.0. The smallest absolute Gasteiger partial charge is 0.255 e. The van der Waals surface area contributed by atoms with Crippen LogP contribution in [-0.2, 0) is 0 Å². The van der Waals surface area contributed by atoms with Crippen LogP contribution in [0.25, 0.3) is 10.9 Å². The lowest BCUT2D eigenvalue weighted by molar-refractivity contribution is 0.0935. The molecule has 0 fully saturated rings. The summed E-state index contributed by atoms with van der Waals surface area (Å²) in [7, 11) is 0. The summed E-state index contributed by atoms with van der Waals surface area (Å²) in [5.41, 5.74) is 4.16. The van der Waals surface area contributed by atoms with Crippen LogP contribution in [-0.4, -0.2) is 10.9 Å². The molecule has 0 radical (unpaired) electrons. The molecule has 1 aliphatic rings. The van der Waals surface area contributed by atoms with Crippen LogP contribution in [0.3, 0.4) is 0 Å². The number of rotatable bonds is 1.